The van der Waals surface area contributed by atoms with Gasteiger partial charge >= 0.3 is 0 Å². The molecule has 0 saturated carbocycles. The predicted octanol–water partition coefficient (Wildman–Crippen LogP) is 2.61. The van der Waals surface area contributed by atoms with Gasteiger partial charge in [-0.2, -0.15) is 0 Å². The lowest BCUT2D eigenvalue weighted by atomic mass is 9.95. The molecular weight excluding hydrogens is 164 g/mol. The Kier molecular flexibility index (Phi) is 4.30. The Bertz CT molecular complexity index is 216. The van der Waals surface area contributed by atoms with Crippen LogP contribution in [0.5, 0.6) is 0 Å². The third kappa shape index (κ3) is 3.92. The number of rotatable bonds is 5. The Morgan fingerprint density at radius 3 is 3.08 bits per heavy atom. The lowest BCUT2D eigenvalue weighted by Crippen LogP contribution is -2.03. The first-order chi connectivity index (χ1) is 6.33. The van der Waals surface area contributed by atoms with Crippen LogP contribution in [0.4, 0.5) is 0 Å². The monoisotopic (exact) mass is 180 g/mol. The Morgan fingerprint density at radius 1 is 1.54 bits per heavy atom. The second-order valence-electron chi connectivity index (χ2n) is 3.26. The van der Waals surface area contributed by atoms with Gasteiger partial charge in [-0.05, 0) is 31.8 Å². The maximum atomic E-state index is 11.0. The molecule has 0 radical (unpaired) electrons. The van der Waals surface area contributed by atoms with Crippen molar-refractivity contribution in [2.24, 2.45) is 0 Å². The van der Waals surface area contributed by atoms with Crippen molar-refractivity contribution in [3.8, 4) is 0 Å². The summed E-state index contributed by atoms with van der Waals surface area (Å²) in [6.07, 6.45) is 8.06. The van der Waals surface area contributed by atoms with Gasteiger partial charge in [0.25, 0.3) is 0 Å². The van der Waals surface area contributed by atoms with E-state index in [-0.39, 0.29) is 5.78 Å². The van der Waals surface area contributed by atoms with Gasteiger partial charge in [0, 0.05) is 6.42 Å². The van der Waals surface area contributed by atoms with E-state index in [0.717, 1.165) is 32.1 Å². The van der Waals surface area contributed by atoms with Gasteiger partial charge in [0.15, 0.2) is 5.78 Å². The molecule has 0 unspecified atom stereocenters. The summed E-state index contributed by atoms with van der Waals surface area (Å²) in [5.74, 6) is 0.283. The minimum Gasteiger partial charge on any atom is -0.502 e. The fraction of sp³-hybridized carbons (Fsp3) is 0.545. The molecule has 1 rings (SSSR count). The number of allylic oxidation sites excluding steroid dienone is 2. The second-order valence-corrected chi connectivity index (χ2v) is 3.26. The molecule has 0 aromatic carbocycles. The highest BCUT2D eigenvalue weighted by Gasteiger charge is 2.08. The molecule has 0 fully saturated rings. The minimum atomic E-state index is 0.283. The summed E-state index contributed by atoms with van der Waals surface area (Å²) < 4.78 is 5.00. The van der Waals surface area contributed by atoms with E-state index in [9.17, 15) is 4.79 Å². The number of hydrogen-bond donors (Lipinski definition) is 0. The lowest BCUT2D eigenvalue weighted by Gasteiger charge is -2.11. The van der Waals surface area contributed by atoms with Gasteiger partial charge in [-0.3, -0.25) is 4.79 Å². The van der Waals surface area contributed by atoms with E-state index in [4.69, 9.17) is 4.74 Å². The summed E-state index contributed by atoms with van der Waals surface area (Å²) >= 11 is 0. The summed E-state index contributed by atoms with van der Waals surface area (Å²) in [5.41, 5.74) is 1.28. The quantitative estimate of drug-likeness (QED) is 0.480. The van der Waals surface area contributed by atoms with Crippen LogP contribution in [0.3, 0.4) is 0 Å². The van der Waals surface area contributed by atoms with Crippen LogP contribution >= 0.6 is 0 Å². The van der Waals surface area contributed by atoms with Crippen LogP contribution in [0.15, 0.2) is 24.5 Å². The maximum absolute atomic E-state index is 11.0. The van der Waals surface area contributed by atoms with Crippen LogP contribution in [-0.4, -0.2) is 12.4 Å². The van der Waals surface area contributed by atoms with Crippen molar-refractivity contribution in [3.63, 3.8) is 0 Å². The molecule has 0 heterocycles. The predicted molar refractivity (Wildman–Crippen MR) is 52.3 cm³/mol. The van der Waals surface area contributed by atoms with Crippen LogP contribution in [0.25, 0.3) is 0 Å². The smallest absolute Gasteiger partial charge is 0.155 e. The summed E-state index contributed by atoms with van der Waals surface area (Å²) in [5, 5.41) is 0. The Hall–Kier alpha value is -1.05. The number of carbonyl (C=O) groups excluding carboxylic acids is 1. The molecule has 0 spiro atoms. The van der Waals surface area contributed by atoms with E-state index >= 15 is 0 Å². The van der Waals surface area contributed by atoms with E-state index < -0.39 is 0 Å². The Labute approximate surface area is 79.3 Å². The van der Waals surface area contributed by atoms with E-state index in [1.54, 1.807) is 6.08 Å². The SMILES string of the molecule is C=COCCCC1=CC(=O)CCC1. The van der Waals surface area contributed by atoms with E-state index in [2.05, 4.69) is 6.58 Å². The zero-order valence-corrected chi connectivity index (χ0v) is 7.92. The average Bonchev–Trinajstić information content (AvgIpc) is 2.13. The van der Waals surface area contributed by atoms with Crippen LogP contribution in [0.2, 0.25) is 0 Å². The molecule has 72 valence electrons. The maximum Gasteiger partial charge on any atom is 0.155 e. The fourth-order valence-electron chi connectivity index (χ4n) is 1.52. The molecular formula is C11H16O2. The van der Waals surface area contributed by atoms with Gasteiger partial charge in [-0.15, -0.1) is 0 Å². The first kappa shape index (κ1) is 10.0. The van der Waals surface area contributed by atoms with Crippen molar-refractivity contribution in [2.75, 3.05) is 6.61 Å². The zero-order chi connectivity index (χ0) is 9.52. The van der Waals surface area contributed by atoms with Crippen molar-refractivity contribution in [1.82, 2.24) is 0 Å². The number of ether oxygens (including phenoxy) is 1. The third-order valence-electron chi connectivity index (χ3n) is 2.16. The van der Waals surface area contributed by atoms with E-state index in [1.165, 1.54) is 11.8 Å². The first-order valence-electron chi connectivity index (χ1n) is 4.77. The third-order valence-corrected chi connectivity index (χ3v) is 2.16. The molecule has 2 nitrogen and oxygen atoms in total. The van der Waals surface area contributed by atoms with Crippen molar-refractivity contribution in [2.45, 2.75) is 32.1 Å². The Balaban J connectivity index is 2.20. The van der Waals surface area contributed by atoms with Crippen LogP contribution in [0.1, 0.15) is 32.1 Å². The molecule has 0 bridgehead atoms. The highest BCUT2D eigenvalue weighted by molar-refractivity contribution is 5.91. The molecule has 0 aliphatic heterocycles. The molecule has 0 amide bonds. The molecule has 2 heteroatoms. The molecule has 1 aliphatic carbocycles. The summed E-state index contributed by atoms with van der Waals surface area (Å²) in [7, 11) is 0. The van der Waals surface area contributed by atoms with Crippen molar-refractivity contribution < 1.29 is 9.53 Å². The van der Waals surface area contributed by atoms with Gasteiger partial charge in [0.1, 0.15) is 0 Å². The van der Waals surface area contributed by atoms with Gasteiger partial charge in [0.05, 0.1) is 12.9 Å². The largest absolute Gasteiger partial charge is 0.502 e. The molecule has 0 aromatic heterocycles. The summed E-state index contributed by atoms with van der Waals surface area (Å²) in [4.78, 5) is 11.0. The lowest BCUT2D eigenvalue weighted by molar-refractivity contribution is -0.115. The van der Waals surface area contributed by atoms with Crippen molar-refractivity contribution in [1.29, 1.82) is 0 Å². The summed E-state index contributed by atoms with van der Waals surface area (Å²) in [6, 6.07) is 0. The number of hydrogen-bond acceptors (Lipinski definition) is 2. The number of ketones is 1. The standard InChI is InChI=1S/C11H16O2/c1-2-13-8-4-6-10-5-3-7-11(12)9-10/h2,9H,1,3-8H2. The van der Waals surface area contributed by atoms with Crippen molar-refractivity contribution in [3.05, 3.63) is 24.5 Å². The minimum absolute atomic E-state index is 0.283. The second kappa shape index (κ2) is 5.57. The zero-order valence-electron chi connectivity index (χ0n) is 7.92. The molecule has 13 heavy (non-hydrogen) atoms. The highest BCUT2D eigenvalue weighted by atomic mass is 16.5. The summed E-state index contributed by atoms with van der Waals surface area (Å²) in [6.45, 7) is 4.17. The van der Waals surface area contributed by atoms with Gasteiger partial charge in [-0.25, -0.2) is 0 Å². The average molecular weight is 180 g/mol. The molecule has 0 atom stereocenters. The topological polar surface area (TPSA) is 26.3 Å². The van der Waals surface area contributed by atoms with Crippen LogP contribution in [-0.2, 0) is 9.53 Å². The van der Waals surface area contributed by atoms with Gasteiger partial charge < -0.3 is 4.74 Å². The van der Waals surface area contributed by atoms with E-state index in [1.807, 2.05) is 0 Å². The molecule has 0 aromatic rings. The first-order valence-corrected chi connectivity index (χ1v) is 4.77. The van der Waals surface area contributed by atoms with Crippen molar-refractivity contribution >= 4 is 5.78 Å². The van der Waals surface area contributed by atoms with Gasteiger partial charge in [-0.1, -0.05) is 12.2 Å². The number of carbonyl (C=O) groups is 1. The van der Waals surface area contributed by atoms with Crippen LogP contribution < -0.4 is 0 Å². The molecule has 0 N–H and O–H groups in total. The molecule has 1 aliphatic rings. The normalized spacial score (nSPS) is 16.6. The van der Waals surface area contributed by atoms with Crippen LogP contribution in [0, 0.1) is 0 Å². The van der Waals surface area contributed by atoms with Gasteiger partial charge in [0.2, 0.25) is 0 Å². The Morgan fingerprint density at radius 2 is 2.38 bits per heavy atom. The fourth-order valence-corrected chi connectivity index (χ4v) is 1.52. The highest BCUT2D eigenvalue weighted by Crippen LogP contribution is 2.19. The molecule has 0 saturated heterocycles. The van der Waals surface area contributed by atoms with E-state index in [0.29, 0.717) is 6.61 Å².